The zero-order valence-electron chi connectivity index (χ0n) is 18.8. The highest BCUT2D eigenvalue weighted by Gasteiger charge is 2.26. The summed E-state index contributed by atoms with van der Waals surface area (Å²) in [6.07, 6.45) is 0. The van der Waals surface area contributed by atoms with E-state index in [0.717, 1.165) is 10.2 Å². The van der Waals surface area contributed by atoms with Crippen LogP contribution in [0.5, 0.6) is 0 Å². The Bertz CT molecular complexity index is 1170. The Kier molecular flexibility index (Phi) is 9.41. The lowest BCUT2D eigenvalue weighted by Gasteiger charge is -2.22. The second-order valence-corrected chi connectivity index (χ2v) is 10.4. The van der Waals surface area contributed by atoms with Crippen molar-refractivity contribution in [3.05, 3.63) is 68.4 Å². The molecule has 11 heteroatoms. The van der Waals surface area contributed by atoms with Crippen molar-refractivity contribution in [1.29, 1.82) is 0 Å². The van der Waals surface area contributed by atoms with Crippen molar-refractivity contribution in [2.45, 2.75) is 38.5 Å². The van der Waals surface area contributed by atoms with Crippen LogP contribution in [0.2, 0.25) is 10.0 Å². The van der Waals surface area contributed by atoms with E-state index in [2.05, 4.69) is 36.8 Å². The van der Waals surface area contributed by atoms with E-state index in [1.807, 2.05) is 49.6 Å². The zero-order valence-corrected chi connectivity index (χ0v) is 22.7. The fraction of sp³-hybridized carbons (Fsp3) is 0.304. The molecule has 0 aliphatic carbocycles. The third kappa shape index (κ3) is 6.75. The van der Waals surface area contributed by atoms with E-state index in [0.29, 0.717) is 33.1 Å². The van der Waals surface area contributed by atoms with Gasteiger partial charge in [-0.25, -0.2) is 0 Å². The number of carbonyl (C=O) groups excluding carboxylic acids is 2. The average Bonchev–Trinajstić information content (AvgIpc) is 3.21. The lowest BCUT2D eigenvalue weighted by molar-refractivity contribution is -0.113. The van der Waals surface area contributed by atoms with Gasteiger partial charge in [0.25, 0.3) is 5.91 Å². The molecule has 0 unspecified atom stereocenters. The van der Waals surface area contributed by atoms with Crippen molar-refractivity contribution in [3.8, 4) is 0 Å². The molecule has 0 saturated carbocycles. The number of hydrogen-bond donors (Lipinski definition) is 2. The van der Waals surface area contributed by atoms with Gasteiger partial charge in [0.05, 0.1) is 21.8 Å². The lowest BCUT2D eigenvalue weighted by atomic mass is 10.0. The molecule has 3 aromatic rings. The molecule has 0 aliphatic heterocycles. The molecule has 1 atom stereocenters. The van der Waals surface area contributed by atoms with E-state index in [4.69, 9.17) is 23.2 Å². The van der Waals surface area contributed by atoms with Gasteiger partial charge in [-0.1, -0.05) is 64.7 Å². The second-order valence-electron chi connectivity index (χ2n) is 7.75. The van der Waals surface area contributed by atoms with Crippen LogP contribution in [-0.4, -0.2) is 32.3 Å². The first kappa shape index (κ1) is 26.5. The lowest BCUT2D eigenvalue weighted by Crippen LogP contribution is -2.33. The molecule has 0 aliphatic rings. The summed E-state index contributed by atoms with van der Waals surface area (Å²) in [6.45, 7) is 6.54. The van der Waals surface area contributed by atoms with Crippen LogP contribution in [0.1, 0.15) is 43.0 Å². The summed E-state index contributed by atoms with van der Waals surface area (Å²) in [7, 11) is 0. The first-order valence-corrected chi connectivity index (χ1v) is 13.1. The van der Waals surface area contributed by atoms with Crippen molar-refractivity contribution in [3.63, 3.8) is 0 Å². The quantitative estimate of drug-likeness (QED) is 0.291. The largest absolute Gasteiger partial charge is 0.342 e. The van der Waals surface area contributed by atoms with Gasteiger partial charge in [-0.2, -0.15) is 0 Å². The van der Waals surface area contributed by atoms with E-state index in [-0.39, 0.29) is 29.5 Å². The molecule has 7 nitrogen and oxygen atoms in total. The van der Waals surface area contributed by atoms with Crippen LogP contribution >= 0.6 is 50.9 Å². The Hall–Kier alpha value is -2.07. The Balaban J connectivity index is 1.71. The molecule has 3 rings (SSSR count). The van der Waals surface area contributed by atoms with Gasteiger partial charge < -0.3 is 15.2 Å². The minimum Gasteiger partial charge on any atom is -0.342 e. The number of thioether (sulfide) groups is 1. The van der Waals surface area contributed by atoms with E-state index >= 15 is 0 Å². The summed E-state index contributed by atoms with van der Waals surface area (Å²) in [5.74, 6) is 0.413. The molecule has 0 spiro atoms. The predicted octanol–water partition coefficient (Wildman–Crippen LogP) is 6.23. The maximum absolute atomic E-state index is 12.9. The van der Waals surface area contributed by atoms with Gasteiger partial charge in [-0.15, -0.1) is 10.2 Å². The average molecular weight is 585 g/mol. The first-order chi connectivity index (χ1) is 16.2. The second kappa shape index (κ2) is 12.1. The SMILES string of the molecule is CCn1c(SCC(=O)Nc2ccc(Br)cc2)nnc1[C@@H](NC(=O)c1ccc(Cl)c(Cl)c1)C(C)C. The standard InChI is InChI=1S/C23H24BrCl2N5O2S/c1-4-31-21(20(13(2)3)28-22(33)14-5-10-17(25)18(26)11-14)29-30-23(31)34-12-19(32)27-16-8-6-15(24)7-9-16/h5-11,13,20H,4,12H2,1-3H3,(H,27,32)(H,28,33)/t20-/m0/s1. The molecule has 2 amide bonds. The van der Waals surface area contributed by atoms with Crippen LogP contribution < -0.4 is 10.6 Å². The Morgan fingerprint density at radius 2 is 1.79 bits per heavy atom. The Morgan fingerprint density at radius 1 is 1.09 bits per heavy atom. The molecule has 1 heterocycles. The summed E-state index contributed by atoms with van der Waals surface area (Å²) in [5, 5.41) is 15.8. The van der Waals surface area contributed by atoms with Gasteiger partial charge in [-0.3, -0.25) is 9.59 Å². The predicted molar refractivity (Wildman–Crippen MR) is 141 cm³/mol. The van der Waals surface area contributed by atoms with Crippen molar-refractivity contribution >= 4 is 68.4 Å². The minimum absolute atomic E-state index is 0.0415. The van der Waals surface area contributed by atoms with Crippen LogP contribution in [0, 0.1) is 5.92 Å². The van der Waals surface area contributed by atoms with Crippen LogP contribution in [-0.2, 0) is 11.3 Å². The Labute approximate surface area is 221 Å². The van der Waals surface area contributed by atoms with Gasteiger partial charge in [0.2, 0.25) is 5.91 Å². The number of nitrogens with one attached hydrogen (secondary N) is 2. The molecule has 180 valence electrons. The van der Waals surface area contributed by atoms with E-state index in [1.54, 1.807) is 12.1 Å². The molecule has 2 aromatic carbocycles. The van der Waals surface area contributed by atoms with E-state index in [9.17, 15) is 9.59 Å². The number of rotatable bonds is 9. The summed E-state index contributed by atoms with van der Waals surface area (Å²) in [4.78, 5) is 25.3. The molecule has 2 N–H and O–H groups in total. The van der Waals surface area contributed by atoms with Crippen molar-refractivity contribution in [1.82, 2.24) is 20.1 Å². The maximum atomic E-state index is 12.9. The summed E-state index contributed by atoms with van der Waals surface area (Å²) < 4.78 is 2.85. The van der Waals surface area contributed by atoms with E-state index in [1.165, 1.54) is 17.8 Å². The van der Waals surface area contributed by atoms with Crippen molar-refractivity contribution < 1.29 is 9.59 Å². The van der Waals surface area contributed by atoms with Crippen LogP contribution in [0.3, 0.4) is 0 Å². The fourth-order valence-corrected chi connectivity index (χ4v) is 4.56. The molecular weight excluding hydrogens is 561 g/mol. The van der Waals surface area contributed by atoms with Crippen LogP contribution in [0.4, 0.5) is 5.69 Å². The number of halogens is 3. The number of hydrogen-bond acceptors (Lipinski definition) is 5. The number of nitrogens with zero attached hydrogens (tertiary/aromatic N) is 3. The number of carbonyl (C=O) groups is 2. The number of amides is 2. The molecule has 0 saturated heterocycles. The Morgan fingerprint density at radius 3 is 2.41 bits per heavy atom. The first-order valence-electron chi connectivity index (χ1n) is 10.6. The number of aromatic nitrogens is 3. The van der Waals surface area contributed by atoms with Crippen LogP contribution in [0.15, 0.2) is 52.1 Å². The zero-order chi connectivity index (χ0) is 24.8. The topological polar surface area (TPSA) is 88.9 Å². The molecule has 0 fully saturated rings. The van der Waals surface area contributed by atoms with Crippen molar-refractivity contribution in [2.24, 2.45) is 5.92 Å². The molecular formula is C23H24BrCl2N5O2S. The maximum Gasteiger partial charge on any atom is 0.251 e. The third-order valence-electron chi connectivity index (χ3n) is 4.94. The minimum atomic E-state index is -0.389. The van der Waals surface area contributed by atoms with Gasteiger partial charge in [-0.05, 0) is 55.3 Å². The van der Waals surface area contributed by atoms with Crippen molar-refractivity contribution in [2.75, 3.05) is 11.1 Å². The summed E-state index contributed by atoms with van der Waals surface area (Å²) >= 11 is 16.7. The molecule has 34 heavy (non-hydrogen) atoms. The third-order valence-corrected chi connectivity index (χ3v) is 7.17. The van der Waals surface area contributed by atoms with Crippen LogP contribution in [0.25, 0.3) is 0 Å². The van der Waals surface area contributed by atoms with Gasteiger partial charge in [0, 0.05) is 22.3 Å². The summed E-state index contributed by atoms with van der Waals surface area (Å²) in [5.41, 5.74) is 1.12. The number of benzene rings is 2. The number of anilines is 1. The van der Waals surface area contributed by atoms with E-state index < -0.39 is 0 Å². The smallest absolute Gasteiger partial charge is 0.251 e. The molecule has 0 bridgehead atoms. The summed E-state index contributed by atoms with van der Waals surface area (Å²) in [6, 6.07) is 11.7. The highest BCUT2D eigenvalue weighted by atomic mass is 79.9. The van der Waals surface area contributed by atoms with Gasteiger partial charge in [0.1, 0.15) is 0 Å². The van der Waals surface area contributed by atoms with Gasteiger partial charge >= 0.3 is 0 Å². The monoisotopic (exact) mass is 583 g/mol. The highest BCUT2D eigenvalue weighted by Crippen LogP contribution is 2.27. The fourth-order valence-electron chi connectivity index (χ4n) is 3.19. The molecule has 0 radical (unpaired) electrons. The highest BCUT2D eigenvalue weighted by molar-refractivity contribution is 9.10. The van der Waals surface area contributed by atoms with Gasteiger partial charge in [0.15, 0.2) is 11.0 Å². The molecule has 1 aromatic heterocycles. The normalized spacial score (nSPS) is 12.0.